The molecule has 0 aliphatic rings. The summed E-state index contributed by atoms with van der Waals surface area (Å²) in [6.45, 7) is 5.77. The Hall–Kier alpha value is -1.85. The Morgan fingerprint density at radius 3 is 2.56 bits per heavy atom. The smallest absolute Gasteiger partial charge is 0.326 e. The number of hydrogen-bond donors (Lipinski definition) is 1. The molecule has 0 aliphatic heterocycles. The average molecular weight is 253 g/mol. The van der Waals surface area contributed by atoms with Gasteiger partial charge in [0, 0.05) is 25.7 Å². The van der Waals surface area contributed by atoms with E-state index in [1.165, 1.54) is 18.9 Å². The second-order valence-electron chi connectivity index (χ2n) is 4.42. The number of carbonyl (C=O) groups excluding carboxylic acids is 1. The number of hydrogen-bond acceptors (Lipinski definition) is 3. The van der Waals surface area contributed by atoms with E-state index < -0.39 is 12.0 Å². The molecule has 0 fully saturated rings. The van der Waals surface area contributed by atoms with E-state index in [1.807, 2.05) is 19.9 Å². The fraction of sp³-hybridized carbons (Fsp3) is 0.583. The van der Waals surface area contributed by atoms with E-state index in [0.29, 0.717) is 6.54 Å². The van der Waals surface area contributed by atoms with Crippen molar-refractivity contribution < 1.29 is 14.7 Å². The van der Waals surface area contributed by atoms with Gasteiger partial charge in [-0.1, -0.05) is 0 Å². The first-order chi connectivity index (χ1) is 8.32. The molecule has 0 saturated carbocycles. The fourth-order valence-corrected chi connectivity index (χ4v) is 1.66. The second kappa shape index (κ2) is 5.66. The van der Waals surface area contributed by atoms with Crippen LogP contribution in [0.3, 0.4) is 0 Å². The lowest BCUT2D eigenvalue weighted by molar-refractivity contribution is -0.148. The van der Waals surface area contributed by atoms with Crippen LogP contribution in [0.2, 0.25) is 0 Å². The predicted octanol–water partition coefficient (Wildman–Crippen LogP) is 0.822. The molecule has 18 heavy (non-hydrogen) atoms. The van der Waals surface area contributed by atoms with Crippen LogP contribution in [0.4, 0.5) is 0 Å². The van der Waals surface area contributed by atoms with E-state index in [2.05, 4.69) is 5.10 Å². The van der Waals surface area contributed by atoms with E-state index in [-0.39, 0.29) is 12.3 Å². The minimum absolute atomic E-state index is 0.197. The molecule has 6 nitrogen and oxygen atoms in total. The van der Waals surface area contributed by atoms with Crippen molar-refractivity contribution in [2.24, 2.45) is 0 Å². The number of rotatable bonds is 5. The van der Waals surface area contributed by atoms with Crippen molar-refractivity contribution in [2.75, 3.05) is 7.05 Å². The van der Waals surface area contributed by atoms with Gasteiger partial charge >= 0.3 is 5.97 Å². The van der Waals surface area contributed by atoms with Crippen LogP contribution in [0.1, 0.15) is 24.7 Å². The van der Waals surface area contributed by atoms with Crippen molar-refractivity contribution in [3.63, 3.8) is 0 Å². The molecule has 1 heterocycles. The molecule has 100 valence electrons. The summed E-state index contributed by atoms with van der Waals surface area (Å²) in [5.41, 5.74) is 1.90. The van der Waals surface area contributed by atoms with Gasteiger partial charge in [0.15, 0.2) is 0 Å². The summed E-state index contributed by atoms with van der Waals surface area (Å²) in [5.74, 6) is -1.20. The van der Waals surface area contributed by atoms with Crippen molar-refractivity contribution in [3.05, 3.63) is 17.5 Å². The fourth-order valence-electron chi connectivity index (χ4n) is 1.66. The van der Waals surface area contributed by atoms with Crippen molar-refractivity contribution in [2.45, 2.75) is 39.8 Å². The van der Waals surface area contributed by atoms with Crippen molar-refractivity contribution in [3.8, 4) is 0 Å². The number of carboxylic acids is 1. The summed E-state index contributed by atoms with van der Waals surface area (Å²) in [6.07, 6.45) is 0.246. The lowest BCUT2D eigenvalue weighted by atomic mass is 10.2. The van der Waals surface area contributed by atoms with Crippen LogP contribution in [-0.4, -0.2) is 44.8 Å². The van der Waals surface area contributed by atoms with E-state index in [9.17, 15) is 9.59 Å². The third-order valence-electron chi connectivity index (χ3n) is 2.97. The SMILES string of the molecule is Cc1cc(C)n(CCC(=O)N(C)C(C)C(=O)O)n1. The number of aryl methyl sites for hydroxylation is 3. The molecule has 1 aromatic rings. The van der Waals surface area contributed by atoms with Gasteiger partial charge in [0.25, 0.3) is 0 Å². The van der Waals surface area contributed by atoms with Gasteiger partial charge in [-0.2, -0.15) is 5.10 Å². The highest BCUT2D eigenvalue weighted by Gasteiger charge is 2.21. The maximum absolute atomic E-state index is 11.8. The first-order valence-electron chi connectivity index (χ1n) is 5.82. The summed E-state index contributed by atoms with van der Waals surface area (Å²) < 4.78 is 1.76. The Bertz CT molecular complexity index is 453. The number of nitrogens with zero attached hydrogens (tertiary/aromatic N) is 3. The molecular weight excluding hydrogens is 234 g/mol. The molecule has 0 aliphatic carbocycles. The van der Waals surface area contributed by atoms with Crippen LogP contribution < -0.4 is 0 Å². The third-order valence-corrected chi connectivity index (χ3v) is 2.97. The van der Waals surface area contributed by atoms with Gasteiger partial charge in [-0.05, 0) is 26.8 Å². The molecule has 1 atom stereocenters. The van der Waals surface area contributed by atoms with E-state index in [1.54, 1.807) is 4.68 Å². The van der Waals surface area contributed by atoms with Crippen LogP contribution >= 0.6 is 0 Å². The molecule has 0 radical (unpaired) electrons. The Labute approximate surface area is 106 Å². The monoisotopic (exact) mass is 253 g/mol. The zero-order valence-corrected chi connectivity index (χ0v) is 11.2. The van der Waals surface area contributed by atoms with Crippen LogP contribution in [0.15, 0.2) is 6.07 Å². The molecule has 6 heteroatoms. The largest absolute Gasteiger partial charge is 0.480 e. The number of amides is 1. The van der Waals surface area contributed by atoms with E-state index in [4.69, 9.17) is 5.11 Å². The quantitative estimate of drug-likeness (QED) is 0.843. The van der Waals surface area contributed by atoms with Crippen LogP contribution in [0, 0.1) is 13.8 Å². The van der Waals surface area contributed by atoms with Crippen LogP contribution in [-0.2, 0) is 16.1 Å². The molecule has 1 unspecified atom stereocenters. The molecule has 1 aromatic heterocycles. The molecule has 1 N–H and O–H groups in total. The molecular formula is C12H19N3O3. The lowest BCUT2D eigenvalue weighted by Crippen LogP contribution is -2.40. The van der Waals surface area contributed by atoms with Gasteiger partial charge in [0.05, 0.1) is 5.69 Å². The average Bonchev–Trinajstić information content (AvgIpc) is 2.62. The summed E-state index contributed by atoms with van der Waals surface area (Å²) in [5, 5.41) is 13.1. The Balaban J connectivity index is 2.56. The Morgan fingerprint density at radius 2 is 2.11 bits per heavy atom. The topological polar surface area (TPSA) is 75.4 Å². The van der Waals surface area contributed by atoms with Crippen LogP contribution in [0.5, 0.6) is 0 Å². The van der Waals surface area contributed by atoms with Crippen molar-refractivity contribution in [1.29, 1.82) is 0 Å². The minimum Gasteiger partial charge on any atom is -0.480 e. The maximum atomic E-state index is 11.8. The molecule has 0 saturated heterocycles. The molecule has 0 bridgehead atoms. The van der Waals surface area contributed by atoms with Gasteiger partial charge < -0.3 is 10.0 Å². The standard InChI is InChI=1S/C12H19N3O3/c1-8-7-9(2)15(13-8)6-5-11(16)14(4)10(3)12(17)18/h7,10H,5-6H2,1-4H3,(H,17,18). The summed E-state index contributed by atoms with van der Waals surface area (Å²) in [4.78, 5) is 23.8. The van der Waals surface area contributed by atoms with Gasteiger partial charge in [0.1, 0.15) is 6.04 Å². The Kier molecular flexibility index (Phi) is 4.47. The van der Waals surface area contributed by atoms with Gasteiger partial charge in [-0.15, -0.1) is 0 Å². The predicted molar refractivity (Wildman–Crippen MR) is 66.2 cm³/mol. The highest BCUT2D eigenvalue weighted by molar-refractivity contribution is 5.83. The summed E-state index contributed by atoms with van der Waals surface area (Å²) in [6, 6.07) is 1.13. The van der Waals surface area contributed by atoms with Gasteiger partial charge in [-0.25, -0.2) is 4.79 Å². The Morgan fingerprint density at radius 1 is 1.50 bits per heavy atom. The molecule has 1 rings (SSSR count). The highest BCUT2D eigenvalue weighted by Crippen LogP contribution is 2.05. The van der Waals surface area contributed by atoms with Crippen LogP contribution in [0.25, 0.3) is 0 Å². The molecule has 0 aromatic carbocycles. The first-order valence-corrected chi connectivity index (χ1v) is 5.82. The number of likely N-dealkylation sites (N-methyl/N-ethyl adjacent to an activating group) is 1. The second-order valence-corrected chi connectivity index (χ2v) is 4.42. The van der Waals surface area contributed by atoms with Gasteiger partial charge in [0.2, 0.25) is 5.91 Å². The van der Waals surface area contributed by atoms with Crippen molar-refractivity contribution >= 4 is 11.9 Å². The zero-order valence-electron chi connectivity index (χ0n) is 11.2. The maximum Gasteiger partial charge on any atom is 0.326 e. The normalized spacial score (nSPS) is 12.2. The van der Waals surface area contributed by atoms with Crippen molar-refractivity contribution in [1.82, 2.24) is 14.7 Å². The highest BCUT2D eigenvalue weighted by atomic mass is 16.4. The number of carboxylic acid groups (broad SMARTS) is 1. The summed E-state index contributed by atoms with van der Waals surface area (Å²) in [7, 11) is 1.50. The number of aromatic nitrogens is 2. The lowest BCUT2D eigenvalue weighted by Gasteiger charge is -2.21. The van der Waals surface area contributed by atoms with E-state index >= 15 is 0 Å². The third kappa shape index (κ3) is 3.32. The number of aliphatic carboxylic acids is 1. The number of carbonyl (C=O) groups is 2. The molecule has 0 spiro atoms. The van der Waals surface area contributed by atoms with Gasteiger partial charge in [-0.3, -0.25) is 9.48 Å². The van der Waals surface area contributed by atoms with E-state index in [0.717, 1.165) is 11.4 Å². The zero-order chi connectivity index (χ0) is 13.9. The molecule has 1 amide bonds. The first kappa shape index (κ1) is 14.2. The minimum atomic E-state index is -1.00. The summed E-state index contributed by atoms with van der Waals surface area (Å²) >= 11 is 0.